The Morgan fingerprint density at radius 3 is 2.36 bits per heavy atom. The van der Waals surface area contributed by atoms with E-state index in [1.165, 1.54) is 26.4 Å². The van der Waals surface area contributed by atoms with E-state index in [9.17, 15) is 9.59 Å². The topological polar surface area (TPSA) is 75.0 Å². The predicted molar refractivity (Wildman–Crippen MR) is 127 cm³/mol. The second kappa shape index (κ2) is 9.00. The monoisotopic (exact) mass is 464 g/mol. The van der Waals surface area contributed by atoms with Gasteiger partial charge in [0.25, 0.3) is 0 Å². The first-order valence-corrected chi connectivity index (χ1v) is 10.5. The lowest BCUT2D eigenvalue weighted by Crippen LogP contribution is -2.17. The van der Waals surface area contributed by atoms with Crippen LogP contribution in [0.1, 0.15) is 21.5 Å². The maximum absolute atomic E-state index is 13.5. The summed E-state index contributed by atoms with van der Waals surface area (Å²) in [6.45, 7) is 3.72. The van der Waals surface area contributed by atoms with Crippen LogP contribution in [-0.2, 0) is 0 Å². The van der Waals surface area contributed by atoms with Gasteiger partial charge in [0, 0.05) is 5.56 Å². The van der Waals surface area contributed by atoms with E-state index in [0.29, 0.717) is 38.6 Å². The Hall–Kier alpha value is -3.77. The minimum atomic E-state index is -0.749. The molecule has 33 heavy (non-hydrogen) atoms. The third kappa shape index (κ3) is 4.17. The van der Waals surface area contributed by atoms with Gasteiger partial charge in [0.2, 0.25) is 11.2 Å². The number of carbonyl (C=O) groups is 1. The highest BCUT2D eigenvalue weighted by atomic mass is 35.5. The Balaban J connectivity index is 1.91. The molecule has 0 N–H and O–H groups in total. The van der Waals surface area contributed by atoms with Gasteiger partial charge in [-0.1, -0.05) is 29.8 Å². The van der Waals surface area contributed by atoms with Crippen LogP contribution >= 0.6 is 11.6 Å². The van der Waals surface area contributed by atoms with E-state index < -0.39 is 11.4 Å². The average Bonchev–Trinajstić information content (AvgIpc) is 2.80. The Morgan fingerprint density at radius 2 is 1.67 bits per heavy atom. The van der Waals surface area contributed by atoms with Crippen LogP contribution in [0.15, 0.2) is 63.8 Å². The summed E-state index contributed by atoms with van der Waals surface area (Å²) in [5, 5.41) is 0.694. The molecule has 0 bridgehead atoms. The van der Waals surface area contributed by atoms with E-state index in [-0.39, 0.29) is 17.1 Å². The summed E-state index contributed by atoms with van der Waals surface area (Å²) < 4.78 is 22.2. The van der Waals surface area contributed by atoms with E-state index in [1.54, 1.807) is 43.3 Å². The molecular formula is C26H21ClO6. The van der Waals surface area contributed by atoms with E-state index in [0.717, 1.165) is 5.56 Å². The second-order valence-corrected chi connectivity index (χ2v) is 7.89. The molecule has 168 valence electrons. The lowest BCUT2D eigenvalue weighted by Gasteiger charge is -2.13. The van der Waals surface area contributed by atoms with Crippen molar-refractivity contribution in [3.8, 4) is 28.6 Å². The molecule has 4 aromatic rings. The molecule has 6 nitrogen and oxygen atoms in total. The van der Waals surface area contributed by atoms with E-state index in [4.69, 9.17) is 30.2 Å². The van der Waals surface area contributed by atoms with Crippen LogP contribution in [0.25, 0.3) is 22.3 Å². The van der Waals surface area contributed by atoms with Gasteiger partial charge < -0.3 is 18.6 Å². The van der Waals surface area contributed by atoms with Gasteiger partial charge >= 0.3 is 5.97 Å². The van der Waals surface area contributed by atoms with Crippen molar-refractivity contribution in [1.29, 1.82) is 0 Å². The fourth-order valence-electron chi connectivity index (χ4n) is 3.70. The van der Waals surface area contributed by atoms with Crippen molar-refractivity contribution in [2.45, 2.75) is 13.8 Å². The van der Waals surface area contributed by atoms with Gasteiger partial charge in [0.15, 0.2) is 17.3 Å². The maximum Gasteiger partial charge on any atom is 0.343 e. The smallest absolute Gasteiger partial charge is 0.343 e. The Bertz CT molecular complexity index is 1440. The summed E-state index contributed by atoms with van der Waals surface area (Å²) in [5.41, 5.74) is 2.19. The molecule has 4 rings (SSSR count). The highest BCUT2D eigenvalue weighted by molar-refractivity contribution is 6.33. The van der Waals surface area contributed by atoms with Crippen LogP contribution in [-0.4, -0.2) is 20.2 Å². The Morgan fingerprint density at radius 1 is 0.939 bits per heavy atom. The quantitative estimate of drug-likeness (QED) is 0.339. The molecule has 0 radical (unpaired) electrons. The van der Waals surface area contributed by atoms with Crippen molar-refractivity contribution in [2.75, 3.05) is 14.2 Å². The summed E-state index contributed by atoms with van der Waals surface area (Å²) in [5.74, 6) is -0.0860. The molecule has 0 saturated carbocycles. The Labute approximate surface area is 195 Å². The van der Waals surface area contributed by atoms with Crippen LogP contribution < -0.4 is 19.6 Å². The molecule has 0 amide bonds. The van der Waals surface area contributed by atoms with Gasteiger partial charge in [-0.3, -0.25) is 4.79 Å². The fourth-order valence-corrected chi connectivity index (χ4v) is 3.92. The summed E-state index contributed by atoms with van der Waals surface area (Å²) >= 11 is 6.39. The van der Waals surface area contributed by atoms with Gasteiger partial charge in [-0.2, -0.15) is 0 Å². The number of methoxy groups -OCH3 is 2. The van der Waals surface area contributed by atoms with Gasteiger partial charge in [-0.05, 0) is 61.4 Å². The van der Waals surface area contributed by atoms with Gasteiger partial charge in [-0.25, -0.2) is 4.79 Å². The number of rotatable bonds is 5. The summed E-state index contributed by atoms with van der Waals surface area (Å²) in [7, 11) is 2.96. The molecule has 3 aromatic carbocycles. The van der Waals surface area contributed by atoms with Crippen LogP contribution in [0, 0.1) is 13.8 Å². The number of benzene rings is 3. The zero-order valence-electron chi connectivity index (χ0n) is 18.5. The van der Waals surface area contributed by atoms with Crippen molar-refractivity contribution in [1.82, 2.24) is 0 Å². The molecular weight excluding hydrogens is 444 g/mol. The summed E-state index contributed by atoms with van der Waals surface area (Å²) in [6, 6.07) is 15.1. The van der Waals surface area contributed by atoms with Crippen molar-refractivity contribution in [3.63, 3.8) is 0 Å². The lowest BCUT2D eigenvalue weighted by atomic mass is 10.0. The molecule has 0 atom stereocenters. The lowest BCUT2D eigenvalue weighted by molar-refractivity contribution is 0.0731. The van der Waals surface area contributed by atoms with Crippen LogP contribution in [0.5, 0.6) is 17.2 Å². The van der Waals surface area contributed by atoms with Crippen molar-refractivity contribution >= 4 is 28.5 Å². The van der Waals surface area contributed by atoms with Crippen molar-refractivity contribution in [2.24, 2.45) is 0 Å². The largest absolute Gasteiger partial charge is 0.493 e. The minimum Gasteiger partial charge on any atom is -0.493 e. The number of fused-ring (bicyclic) bond motifs is 1. The Kier molecular flexibility index (Phi) is 6.11. The molecule has 0 aliphatic carbocycles. The molecule has 0 saturated heterocycles. The third-order valence-corrected chi connectivity index (χ3v) is 5.56. The van der Waals surface area contributed by atoms with Gasteiger partial charge in [0.1, 0.15) is 5.58 Å². The summed E-state index contributed by atoms with van der Waals surface area (Å²) in [4.78, 5) is 26.6. The van der Waals surface area contributed by atoms with Crippen LogP contribution in [0.3, 0.4) is 0 Å². The maximum atomic E-state index is 13.5. The number of esters is 1. The van der Waals surface area contributed by atoms with E-state index >= 15 is 0 Å². The fraction of sp³-hybridized carbons (Fsp3) is 0.154. The van der Waals surface area contributed by atoms with Gasteiger partial charge in [0.05, 0.1) is 30.2 Å². The molecule has 0 aliphatic rings. The second-order valence-electron chi connectivity index (χ2n) is 7.48. The molecule has 1 aromatic heterocycles. The average molecular weight is 465 g/mol. The third-order valence-electron chi connectivity index (χ3n) is 5.23. The normalized spacial score (nSPS) is 10.8. The van der Waals surface area contributed by atoms with Crippen LogP contribution in [0.2, 0.25) is 5.02 Å². The highest BCUT2D eigenvalue weighted by Gasteiger charge is 2.24. The molecule has 0 fully saturated rings. The SMILES string of the molecule is COc1ccc(C(=O)Oc2c(-c3ccccc3Cl)oc3cc(C)cc(C)c3c2=O)cc1OC. The van der Waals surface area contributed by atoms with Crippen molar-refractivity contribution < 1.29 is 23.4 Å². The number of hydrogen-bond donors (Lipinski definition) is 0. The number of carbonyl (C=O) groups excluding carboxylic acids is 1. The first kappa shape index (κ1) is 22.4. The van der Waals surface area contributed by atoms with Gasteiger partial charge in [-0.15, -0.1) is 0 Å². The van der Waals surface area contributed by atoms with Crippen LogP contribution in [0.4, 0.5) is 0 Å². The summed E-state index contributed by atoms with van der Waals surface area (Å²) in [6.07, 6.45) is 0. The highest BCUT2D eigenvalue weighted by Crippen LogP contribution is 2.36. The molecule has 0 aliphatic heterocycles. The number of aryl methyl sites for hydroxylation is 2. The number of ether oxygens (including phenoxy) is 3. The first-order valence-electron chi connectivity index (χ1n) is 10.1. The predicted octanol–water partition coefficient (Wildman–Crippen LogP) is 5.97. The molecule has 1 heterocycles. The molecule has 7 heteroatoms. The zero-order valence-corrected chi connectivity index (χ0v) is 19.3. The van der Waals surface area contributed by atoms with E-state index in [1.807, 2.05) is 13.0 Å². The molecule has 0 unspecified atom stereocenters. The minimum absolute atomic E-state index is 0.0805. The van der Waals surface area contributed by atoms with E-state index in [2.05, 4.69) is 0 Å². The standard InChI is InChI=1S/C26H21ClO6/c1-14-11-15(2)22-21(12-14)32-24(17-7-5-6-8-18(17)27)25(23(22)28)33-26(29)16-9-10-19(30-3)20(13-16)31-4/h5-13H,1-4H3. The number of halogens is 1. The number of hydrogen-bond acceptors (Lipinski definition) is 6. The first-order chi connectivity index (χ1) is 15.8. The molecule has 0 spiro atoms. The van der Waals surface area contributed by atoms with Crippen molar-refractivity contribution in [3.05, 3.63) is 86.5 Å². The zero-order chi connectivity index (χ0) is 23.7.